The van der Waals surface area contributed by atoms with Crippen molar-refractivity contribution in [2.45, 2.75) is 32.5 Å². The lowest BCUT2D eigenvalue weighted by molar-refractivity contribution is -0.192. The van der Waals surface area contributed by atoms with Crippen LogP contribution in [-0.2, 0) is 9.53 Å². The molecule has 1 aliphatic heterocycles. The number of ether oxygens (including phenoxy) is 1. The van der Waals surface area contributed by atoms with Gasteiger partial charge in [-0.15, -0.1) is 0 Å². The van der Waals surface area contributed by atoms with E-state index in [-0.39, 0.29) is 0 Å². The minimum absolute atomic E-state index is 0.312. The van der Waals surface area contributed by atoms with E-state index in [4.69, 9.17) is 14.6 Å². The molecule has 0 unspecified atom stereocenters. The van der Waals surface area contributed by atoms with Crippen molar-refractivity contribution in [1.82, 2.24) is 5.32 Å². The van der Waals surface area contributed by atoms with Gasteiger partial charge in [-0.05, 0) is 13.0 Å². The third-order valence-corrected chi connectivity index (χ3v) is 2.56. The Hall–Kier alpha value is -0.820. The van der Waals surface area contributed by atoms with E-state index in [2.05, 4.69) is 19.2 Å². The van der Waals surface area contributed by atoms with E-state index in [1.807, 2.05) is 0 Å². The van der Waals surface area contributed by atoms with Crippen LogP contribution in [0.25, 0.3) is 0 Å². The van der Waals surface area contributed by atoms with Gasteiger partial charge in [0.15, 0.2) is 0 Å². The molecular formula is C10H18F3NO3. The largest absolute Gasteiger partial charge is 0.490 e. The number of nitrogens with one attached hydrogen (secondary N) is 1. The standard InChI is InChI=1S/C8H17NO.C2HF3O2/c1-8(2)6-9-5-4-7(8)10-3;3-2(4,5)1(6)7/h7,9H,4-6H2,1-3H3;(H,6,7)/t7-;/m0./s1. The van der Waals surface area contributed by atoms with Crippen molar-refractivity contribution in [2.24, 2.45) is 5.41 Å². The summed E-state index contributed by atoms with van der Waals surface area (Å²) in [6.45, 7) is 6.66. The highest BCUT2D eigenvalue weighted by molar-refractivity contribution is 5.73. The highest BCUT2D eigenvalue weighted by atomic mass is 19.4. The molecule has 0 spiro atoms. The van der Waals surface area contributed by atoms with Gasteiger partial charge in [-0.2, -0.15) is 13.2 Å². The molecule has 0 aromatic carbocycles. The summed E-state index contributed by atoms with van der Waals surface area (Å²) in [7, 11) is 1.80. The normalized spacial score (nSPS) is 23.5. The van der Waals surface area contributed by atoms with Crippen LogP contribution in [0.1, 0.15) is 20.3 Å². The molecule has 1 atom stereocenters. The Bertz CT molecular complexity index is 254. The van der Waals surface area contributed by atoms with Crippen LogP contribution in [0.15, 0.2) is 0 Å². The number of hydrogen-bond acceptors (Lipinski definition) is 3. The Kier molecular flexibility index (Phi) is 5.91. The Balaban J connectivity index is 0.000000325. The molecule has 0 aromatic rings. The van der Waals surface area contributed by atoms with E-state index < -0.39 is 12.1 Å². The number of halogens is 3. The van der Waals surface area contributed by atoms with Crippen molar-refractivity contribution in [3.63, 3.8) is 0 Å². The fourth-order valence-electron chi connectivity index (χ4n) is 1.59. The fourth-order valence-corrected chi connectivity index (χ4v) is 1.59. The van der Waals surface area contributed by atoms with Crippen LogP contribution in [-0.4, -0.2) is 43.6 Å². The maximum absolute atomic E-state index is 10.6. The first kappa shape index (κ1) is 16.2. The predicted octanol–water partition coefficient (Wildman–Crippen LogP) is 1.65. The van der Waals surface area contributed by atoms with Crippen LogP contribution < -0.4 is 5.32 Å². The maximum Gasteiger partial charge on any atom is 0.490 e. The summed E-state index contributed by atoms with van der Waals surface area (Å²) in [5.41, 5.74) is 0.312. The van der Waals surface area contributed by atoms with Gasteiger partial charge in [0.05, 0.1) is 6.10 Å². The van der Waals surface area contributed by atoms with E-state index in [0.717, 1.165) is 19.5 Å². The first-order valence-electron chi connectivity index (χ1n) is 5.15. The number of piperidine rings is 1. The molecule has 0 bridgehead atoms. The summed E-state index contributed by atoms with van der Waals surface area (Å²) < 4.78 is 37.1. The lowest BCUT2D eigenvalue weighted by Crippen LogP contribution is -2.46. The zero-order valence-corrected chi connectivity index (χ0v) is 10.1. The molecule has 1 fully saturated rings. The van der Waals surface area contributed by atoms with Gasteiger partial charge in [0, 0.05) is 19.1 Å². The monoisotopic (exact) mass is 257 g/mol. The number of aliphatic carboxylic acids is 1. The molecule has 2 N–H and O–H groups in total. The molecule has 0 amide bonds. The van der Waals surface area contributed by atoms with Gasteiger partial charge in [0.25, 0.3) is 0 Å². The molecule has 1 aliphatic rings. The minimum atomic E-state index is -5.08. The highest BCUT2D eigenvalue weighted by Gasteiger charge is 2.38. The van der Waals surface area contributed by atoms with Crippen LogP contribution in [0.3, 0.4) is 0 Å². The lowest BCUT2D eigenvalue weighted by Gasteiger charge is -2.37. The molecular weight excluding hydrogens is 239 g/mol. The van der Waals surface area contributed by atoms with Gasteiger partial charge in [-0.3, -0.25) is 0 Å². The van der Waals surface area contributed by atoms with E-state index in [1.54, 1.807) is 7.11 Å². The molecule has 0 aliphatic carbocycles. The number of carbonyl (C=O) groups is 1. The Morgan fingerprint density at radius 1 is 1.47 bits per heavy atom. The first-order valence-corrected chi connectivity index (χ1v) is 5.15. The van der Waals surface area contributed by atoms with E-state index in [1.165, 1.54) is 0 Å². The maximum atomic E-state index is 10.6. The summed E-state index contributed by atoms with van der Waals surface area (Å²) in [6, 6.07) is 0. The second kappa shape index (κ2) is 6.20. The Labute approximate surface area is 98.1 Å². The van der Waals surface area contributed by atoms with Crippen molar-refractivity contribution in [3.8, 4) is 0 Å². The molecule has 17 heavy (non-hydrogen) atoms. The second-order valence-electron chi connectivity index (χ2n) is 4.48. The average molecular weight is 257 g/mol. The van der Waals surface area contributed by atoms with E-state index in [9.17, 15) is 13.2 Å². The number of carboxylic acids is 1. The number of hydrogen-bond donors (Lipinski definition) is 2. The minimum Gasteiger partial charge on any atom is -0.475 e. The third kappa shape index (κ3) is 5.88. The predicted molar refractivity (Wildman–Crippen MR) is 55.8 cm³/mol. The van der Waals surface area contributed by atoms with Crippen LogP contribution in [0.4, 0.5) is 13.2 Å². The summed E-state index contributed by atoms with van der Waals surface area (Å²) in [5.74, 6) is -2.76. The van der Waals surface area contributed by atoms with Gasteiger partial charge in [0.2, 0.25) is 0 Å². The molecule has 1 heterocycles. The van der Waals surface area contributed by atoms with E-state index in [0.29, 0.717) is 11.5 Å². The average Bonchev–Trinajstić information content (AvgIpc) is 2.16. The smallest absolute Gasteiger partial charge is 0.475 e. The van der Waals surface area contributed by atoms with Gasteiger partial charge in [-0.1, -0.05) is 13.8 Å². The highest BCUT2D eigenvalue weighted by Crippen LogP contribution is 2.26. The van der Waals surface area contributed by atoms with Gasteiger partial charge >= 0.3 is 12.1 Å². The quantitative estimate of drug-likeness (QED) is 0.750. The van der Waals surface area contributed by atoms with Crippen molar-refractivity contribution >= 4 is 5.97 Å². The van der Waals surface area contributed by atoms with Crippen LogP contribution in [0.5, 0.6) is 0 Å². The molecule has 4 nitrogen and oxygen atoms in total. The third-order valence-electron chi connectivity index (χ3n) is 2.56. The topological polar surface area (TPSA) is 58.6 Å². The summed E-state index contributed by atoms with van der Waals surface area (Å²) in [4.78, 5) is 8.90. The SMILES string of the molecule is CO[C@H]1CCNCC1(C)C.O=C(O)C(F)(F)F. The zero-order valence-electron chi connectivity index (χ0n) is 10.1. The van der Waals surface area contributed by atoms with Crippen molar-refractivity contribution in [3.05, 3.63) is 0 Å². The molecule has 1 saturated heterocycles. The molecule has 0 aromatic heterocycles. The van der Waals surface area contributed by atoms with Crippen molar-refractivity contribution in [1.29, 1.82) is 0 Å². The van der Waals surface area contributed by atoms with Crippen LogP contribution in [0, 0.1) is 5.41 Å². The number of carboxylic acid groups (broad SMARTS) is 1. The first-order chi connectivity index (χ1) is 7.61. The summed E-state index contributed by atoms with van der Waals surface area (Å²) in [6.07, 6.45) is -3.50. The lowest BCUT2D eigenvalue weighted by atomic mass is 9.82. The van der Waals surface area contributed by atoms with E-state index >= 15 is 0 Å². The van der Waals surface area contributed by atoms with Crippen molar-refractivity contribution in [2.75, 3.05) is 20.2 Å². The molecule has 102 valence electrons. The van der Waals surface area contributed by atoms with Crippen LogP contribution >= 0.6 is 0 Å². The fraction of sp³-hybridized carbons (Fsp3) is 0.900. The van der Waals surface area contributed by atoms with Gasteiger partial charge in [-0.25, -0.2) is 4.79 Å². The molecule has 1 rings (SSSR count). The van der Waals surface area contributed by atoms with Crippen LogP contribution in [0.2, 0.25) is 0 Å². The Morgan fingerprint density at radius 3 is 2.18 bits per heavy atom. The molecule has 0 saturated carbocycles. The summed E-state index contributed by atoms with van der Waals surface area (Å²) >= 11 is 0. The second-order valence-corrected chi connectivity index (χ2v) is 4.48. The van der Waals surface area contributed by atoms with Gasteiger partial charge < -0.3 is 15.2 Å². The number of methoxy groups -OCH3 is 1. The number of rotatable bonds is 1. The zero-order chi connectivity index (χ0) is 13.7. The van der Waals surface area contributed by atoms with Crippen molar-refractivity contribution < 1.29 is 27.8 Å². The summed E-state index contributed by atoms with van der Waals surface area (Å²) in [5, 5.41) is 10.5. The molecule has 7 heteroatoms. The number of alkyl halides is 3. The molecule has 0 radical (unpaired) electrons. The van der Waals surface area contributed by atoms with Gasteiger partial charge in [0.1, 0.15) is 0 Å². The Morgan fingerprint density at radius 2 is 1.94 bits per heavy atom.